The van der Waals surface area contributed by atoms with Gasteiger partial charge in [-0.05, 0) is 50.4 Å². The van der Waals surface area contributed by atoms with E-state index in [0.717, 1.165) is 11.8 Å². The molecule has 0 aromatic rings. The Labute approximate surface area is 110 Å². The highest BCUT2D eigenvalue weighted by molar-refractivity contribution is 5.78. The molecule has 102 valence electrons. The molecule has 0 spiro atoms. The minimum Gasteiger partial charge on any atom is -0.352 e. The molecule has 0 atom stereocenters. The summed E-state index contributed by atoms with van der Waals surface area (Å²) in [6.07, 6.45) is 11.8. The Kier molecular flexibility index (Phi) is 3.88. The van der Waals surface area contributed by atoms with Gasteiger partial charge in [-0.3, -0.25) is 4.79 Å². The second kappa shape index (κ2) is 5.60. The largest absolute Gasteiger partial charge is 0.352 e. The maximum Gasteiger partial charge on any atom is 0.234 e. The van der Waals surface area contributed by atoms with Gasteiger partial charge in [-0.1, -0.05) is 19.3 Å². The Balaban J connectivity index is 1.37. The minimum absolute atomic E-state index is 0.216. The summed E-state index contributed by atoms with van der Waals surface area (Å²) in [6.45, 7) is 0.536. The number of carbonyl (C=O) groups excluding carboxylic acids is 1. The van der Waals surface area contributed by atoms with E-state index in [1.54, 1.807) is 0 Å². The third kappa shape index (κ3) is 3.47. The molecule has 3 rings (SSSR count). The molecule has 3 fully saturated rings. The molecule has 0 saturated heterocycles. The van der Waals surface area contributed by atoms with Crippen LogP contribution in [0.25, 0.3) is 0 Å². The van der Waals surface area contributed by atoms with Crippen molar-refractivity contribution < 1.29 is 4.79 Å². The average molecular weight is 250 g/mol. The first kappa shape index (κ1) is 12.5. The Hall–Kier alpha value is -0.570. The highest BCUT2D eigenvalue weighted by Gasteiger charge is 2.41. The van der Waals surface area contributed by atoms with E-state index >= 15 is 0 Å². The second-order valence-corrected chi connectivity index (χ2v) is 6.48. The number of nitrogens with one attached hydrogen (secondary N) is 2. The molecule has 2 N–H and O–H groups in total. The van der Waals surface area contributed by atoms with Crippen LogP contribution in [0.15, 0.2) is 0 Å². The van der Waals surface area contributed by atoms with Crippen molar-refractivity contribution in [3.05, 3.63) is 0 Å². The van der Waals surface area contributed by atoms with Crippen LogP contribution in [0.5, 0.6) is 0 Å². The lowest BCUT2D eigenvalue weighted by Crippen LogP contribution is -2.45. The van der Waals surface area contributed by atoms with Crippen molar-refractivity contribution in [2.45, 2.75) is 69.9 Å². The zero-order valence-electron chi connectivity index (χ0n) is 11.3. The molecule has 0 aromatic carbocycles. The summed E-state index contributed by atoms with van der Waals surface area (Å²) < 4.78 is 0. The van der Waals surface area contributed by atoms with Crippen molar-refractivity contribution in [1.29, 1.82) is 0 Å². The number of hydrogen-bond donors (Lipinski definition) is 2. The molecule has 3 aliphatic carbocycles. The van der Waals surface area contributed by atoms with Gasteiger partial charge in [0.05, 0.1) is 6.54 Å². The summed E-state index contributed by atoms with van der Waals surface area (Å²) in [4.78, 5) is 11.9. The normalized spacial score (nSPS) is 25.4. The predicted molar refractivity (Wildman–Crippen MR) is 72.3 cm³/mol. The van der Waals surface area contributed by atoms with Crippen LogP contribution in [-0.4, -0.2) is 24.5 Å². The van der Waals surface area contributed by atoms with Crippen molar-refractivity contribution in [2.75, 3.05) is 6.54 Å². The van der Waals surface area contributed by atoms with E-state index in [1.165, 1.54) is 57.8 Å². The summed E-state index contributed by atoms with van der Waals surface area (Å²) in [5, 5.41) is 6.71. The van der Waals surface area contributed by atoms with Crippen LogP contribution < -0.4 is 10.6 Å². The van der Waals surface area contributed by atoms with Gasteiger partial charge in [0.25, 0.3) is 0 Å². The quantitative estimate of drug-likeness (QED) is 0.759. The Morgan fingerprint density at radius 1 is 0.944 bits per heavy atom. The molecule has 0 aromatic heterocycles. The molecule has 1 amide bonds. The summed E-state index contributed by atoms with van der Waals surface area (Å²) >= 11 is 0. The van der Waals surface area contributed by atoms with Crippen molar-refractivity contribution in [3.63, 3.8) is 0 Å². The standard InChI is InChI=1S/C15H26N2O/c18-14(17-13-4-2-1-3-5-13)10-16-15(11-6-7-11)12-8-9-12/h11-13,15-16H,1-10H2,(H,17,18). The lowest BCUT2D eigenvalue weighted by molar-refractivity contribution is -0.121. The molecular weight excluding hydrogens is 224 g/mol. The molecule has 3 heteroatoms. The van der Waals surface area contributed by atoms with Crippen LogP contribution in [0, 0.1) is 11.8 Å². The summed E-state index contributed by atoms with van der Waals surface area (Å²) in [6, 6.07) is 1.09. The Morgan fingerprint density at radius 3 is 2.11 bits per heavy atom. The van der Waals surface area contributed by atoms with Gasteiger partial charge in [0, 0.05) is 12.1 Å². The smallest absolute Gasteiger partial charge is 0.234 e. The Morgan fingerprint density at radius 2 is 1.56 bits per heavy atom. The highest BCUT2D eigenvalue weighted by Crippen LogP contribution is 2.44. The van der Waals surface area contributed by atoms with E-state index in [4.69, 9.17) is 0 Å². The topological polar surface area (TPSA) is 41.1 Å². The van der Waals surface area contributed by atoms with Gasteiger partial charge < -0.3 is 10.6 Å². The average Bonchev–Trinajstić information content (AvgIpc) is 3.25. The third-order valence-corrected chi connectivity index (χ3v) is 4.73. The zero-order valence-corrected chi connectivity index (χ0v) is 11.3. The van der Waals surface area contributed by atoms with E-state index < -0.39 is 0 Å². The van der Waals surface area contributed by atoms with Crippen LogP contribution in [-0.2, 0) is 4.79 Å². The van der Waals surface area contributed by atoms with E-state index in [1.807, 2.05) is 0 Å². The lowest BCUT2D eigenvalue weighted by atomic mass is 9.95. The van der Waals surface area contributed by atoms with Crippen molar-refractivity contribution >= 4 is 5.91 Å². The molecule has 18 heavy (non-hydrogen) atoms. The van der Waals surface area contributed by atoms with Gasteiger partial charge in [0.15, 0.2) is 0 Å². The van der Waals surface area contributed by atoms with Crippen LogP contribution >= 0.6 is 0 Å². The first-order chi connectivity index (χ1) is 8.83. The van der Waals surface area contributed by atoms with Crippen LogP contribution in [0.2, 0.25) is 0 Å². The van der Waals surface area contributed by atoms with Gasteiger partial charge >= 0.3 is 0 Å². The molecule has 0 radical (unpaired) electrons. The predicted octanol–water partition coefficient (Wildman–Crippen LogP) is 2.21. The molecular formula is C15H26N2O. The van der Waals surface area contributed by atoms with E-state index in [0.29, 0.717) is 18.6 Å². The lowest BCUT2D eigenvalue weighted by Gasteiger charge is -2.24. The number of rotatable bonds is 6. The van der Waals surface area contributed by atoms with Crippen molar-refractivity contribution in [3.8, 4) is 0 Å². The van der Waals surface area contributed by atoms with Gasteiger partial charge in [0.2, 0.25) is 5.91 Å². The van der Waals surface area contributed by atoms with E-state index in [-0.39, 0.29) is 5.91 Å². The second-order valence-electron chi connectivity index (χ2n) is 6.48. The van der Waals surface area contributed by atoms with Crippen LogP contribution in [0.1, 0.15) is 57.8 Å². The van der Waals surface area contributed by atoms with E-state index in [9.17, 15) is 4.79 Å². The Bertz CT molecular complexity index is 279. The van der Waals surface area contributed by atoms with E-state index in [2.05, 4.69) is 10.6 Å². The van der Waals surface area contributed by atoms with Crippen molar-refractivity contribution in [2.24, 2.45) is 11.8 Å². The molecule has 3 nitrogen and oxygen atoms in total. The van der Waals surface area contributed by atoms with Crippen molar-refractivity contribution in [1.82, 2.24) is 10.6 Å². The summed E-state index contributed by atoms with van der Waals surface area (Å²) in [5.74, 6) is 1.97. The maximum atomic E-state index is 11.9. The molecule has 3 saturated carbocycles. The first-order valence-corrected chi connectivity index (χ1v) is 7.85. The minimum atomic E-state index is 0.216. The van der Waals surface area contributed by atoms with Gasteiger partial charge in [-0.2, -0.15) is 0 Å². The van der Waals surface area contributed by atoms with Crippen LogP contribution in [0.4, 0.5) is 0 Å². The molecule has 0 aliphatic heterocycles. The highest BCUT2D eigenvalue weighted by atomic mass is 16.2. The molecule has 0 bridgehead atoms. The van der Waals surface area contributed by atoms with Gasteiger partial charge in [-0.25, -0.2) is 0 Å². The third-order valence-electron chi connectivity index (χ3n) is 4.73. The molecule has 0 heterocycles. The molecule has 3 aliphatic rings. The number of carbonyl (C=O) groups is 1. The number of hydrogen-bond acceptors (Lipinski definition) is 2. The zero-order chi connectivity index (χ0) is 12.4. The summed E-state index contributed by atoms with van der Waals surface area (Å²) in [7, 11) is 0. The molecule has 0 unspecified atom stereocenters. The van der Waals surface area contributed by atoms with Gasteiger partial charge in [-0.15, -0.1) is 0 Å². The monoisotopic (exact) mass is 250 g/mol. The van der Waals surface area contributed by atoms with Gasteiger partial charge in [0.1, 0.15) is 0 Å². The maximum absolute atomic E-state index is 11.9. The fourth-order valence-corrected chi connectivity index (χ4v) is 3.37. The fourth-order valence-electron chi connectivity index (χ4n) is 3.37. The summed E-state index contributed by atoms with van der Waals surface area (Å²) in [5.41, 5.74) is 0. The van der Waals surface area contributed by atoms with Crippen LogP contribution in [0.3, 0.4) is 0 Å². The SMILES string of the molecule is O=C(CNC(C1CC1)C1CC1)NC1CCCCC1. The fraction of sp³-hybridized carbons (Fsp3) is 0.933. The first-order valence-electron chi connectivity index (χ1n) is 7.85. The number of amides is 1.